The number of hydrazone groups is 1. The number of ether oxygens (including phenoxy) is 3. The van der Waals surface area contributed by atoms with Crippen molar-refractivity contribution in [3.63, 3.8) is 0 Å². The Labute approximate surface area is 173 Å². The third-order valence-electron chi connectivity index (χ3n) is 5.73. The highest BCUT2D eigenvalue weighted by Crippen LogP contribution is 2.47. The van der Waals surface area contributed by atoms with Crippen LogP contribution in [0.5, 0.6) is 17.2 Å². The van der Waals surface area contributed by atoms with Crippen LogP contribution >= 0.6 is 0 Å². The van der Waals surface area contributed by atoms with E-state index in [2.05, 4.69) is 6.07 Å². The van der Waals surface area contributed by atoms with Crippen LogP contribution in [0.2, 0.25) is 0 Å². The third kappa shape index (κ3) is 2.79. The van der Waals surface area contributed by atoms with Gasteiger partial charge in [0.05, 0.1) is 11.8 Å². The van der Waals surface area contributed by atoms with Gasteiger partial charge in [0.25, 0.3) is 0 Å². The van der Waals surface area contributed by atoms with E-state index < -0.39 is 6.23 Å². The molecule has 0 amide bonds. The normalized spacial score (nSPS) is 21.4. The molecule has 0 aromatic heterocycles. The van der Waals surface area contributed by atoms with Crippen LogP contribution in [0.1, 0.15) is 35.4 Å². The molecular weight excluding hydrogens is 383 g/mol. The lowest BCUT2D eigenvalue weighted by Gasteiger charge is -2.38. The fourth-order valence-corrected chi connectivity index (χ4v) is 4.28. The molecule has 3 aromatic rings. The van der Waals surface area contributed by atoms with Crippen LogP contribution in [0.25, 0.3) is 0 Å². The molecule has 0 spiro atoms. The quantitative estimate of drug-likeness (QED) is 0.615. The van der Waals surface area contributed by atoms with Crippen molar-refractivity contribution in [2.75, 3.05) is 13.2 Å². The number of halogens is 1. The SMILES string of the molecule is Fc1ccc([C@@H]2Oc3ccccc3[C@@H]3CC(c4ccc5c(c4)OCCO5)=NN32)cc1. The van der Waals surface area contributed by atoms with E-state index in [1.807, 2.05) is 41.4 Å². The summed E-state index contributed by atoms with van der Waals surface area (Å²) in [6.07, 6.45) is 0.331. The lowest BCUT2D eigenvalue weighted by Crippen LogP contribution is -2.33. The van der Waals surface area contributed by atoms with E-state index in [1.165, 1.54) is 12.1 Å². The van der Waals surface area contributed by atoms with E-state index in [0.29, 0.717) is 13.2 Å². The molecule has 0 radical (unpaired) electrons. The fourth-order valence-electron chi connectivity index (χ4n) is 4.28. The second-order valence-electron chi connectivity index (χ2n) is 7.56. The first-order valence-corrected chi connectivity index (χ1v) is 10.0. The number of para-hydroxylation sites is 1. The molecule has 0 bridgehead atoms. The molecule has 6 heteroatoms. The summed E-state index contributed by atoms with van der Waals surface area (Å²) in [6, 6.07) is 20.4. The average molecular weight is 402 g/mol. The van der Waals surface area contributed by atoms with Gasteiger partial charge in [0.15, 0.2) is 11.5 Å². The zero-order chi connectivity index (χ0) is 20.1. The minimum absolute atomic E-state index is 0.0493. The molecule has 0 saturated carbocycles. The minimum Gasteiger partial charge on any atom is -0.486 e. The van der Waals surface area contributed by atoms with Crippen molar-refractivity contribution in [1.29, 1.82) is 0 Å². The summed E-state index contributed by atoms with van der Waals surface area (Å²) >= 11 is 0. The number of benzene rings is 3. The van der Waals surface area contributed by atoms with Crippen molar-refractivity contribution in [3.8, 4) is 17.2 Å². The lowest BCUT2D eigenvalue weighted by atomic mass is 9.95. The second-order valence-corrected chi connectivity index (χ2v) is 7.56. The maximum atomic E-state index is 13.5. The van der Waals surface area contributed by atoms with Gasteiger partial charge >= 0.3 is 0 Å². The smallest absolute Gasteiger partial charge is 0.213 e. The number of hydrogen-bond donors (Lipinski definition) is 0. The van der Waals surface area contributed by atoms with E-state index in [0.717, 1.165) is 46.1 Å². The molecule has 0 aliphatic carbocycles. The first-order valence-electron chi connectivity index (χ1n) is 10.0. The maximum Gasteiger partial charge on any atom is 0.213 e. The molecule has 0 saturated heterocycles. The van der Waals surface area contributed by atoms with Crippen LogP contribution in [0.4, 0.5) is 4.39 Å². The third-order valence-corrected chi connectivity index (χ3v) is 5.73. The molecule has 3 aliphatic heterocycles. The van der Waals surface area contributed by atoms with Crippen LogP contribution in [-0.4, -0.2) is 23.9 Å². The first-order chi connectivity index (χ1) is 14.8. The van der Waals surface area contributed by atoms with Gasteiger partial charge in [-0.1, -0.05) is 30.3 Å². The Hall–Kier alpha value is -3.54. The lowest BCUT2D eigenvalue weighted by molar-refractivity contribution is -0.0190. The molecule has 5 nitrogen and oxygen atoms in total. The van der Waals surface area contributed by atoms with Gasteiger partial charge in [-0.3, -0.25) is 0 Å². The number of rotatable bonds is 2. The number of nitrogens with zero attached hydrogens (tertiary/aromatic N) is 2. The highest BCUT2D eigenvalue weighted by Gasteiger charge is 2.41. The van der Waals surface area contributed by atoms with Crippen molar-refractivity contribution >= 4 is 5.71 Å². The number of hydrogen-bond acceptors (Lipinski definition) is 5. The first kappa shape index (κ1) is 17.3. The van der Waals surface area contributed by atoms with Crippen LogP contribution in [0.15, 0.2) is 71.8 Å². The van der Waals surface area contributed by atoms with Crippen molar-refractivity contribution in [1.82, 2.24) is 5.01 Å². The van der Waals surface area contributed by atoms with E-state index in [-0.39, 0.29) is 11.9 Å². The van der Waals surface area contributed by atoms with Gasteiger partial charge in [-0.2, -0.15) is 5.10 Å². The predicted molar refractivity (Wildman–Crippen MR) is 109 cm³/mol. The molecule has 2 atom stereocenters. The Bertz CT molecular complexity index is 1150. The van der Waals surface area contributed by atoms with Gasteiger partial charge < -0.3 is 14.2 Å². The van der Waals surface area contributed by atoms with Crippen LogP contribution in [-0.2, 0) is 0 Å². The van der Waals surface area contributed by atoms with Crippen LogP contribution < -0.4 is 14.2 Å². The molecule has 30 heavy (non-hydrogen) atoms. The van der Waals surface area contributed by atoms with Crippen LogP contribution in [0.3, 0.4) is 0 Å². The van der Waals surface area contributed by atoms with Gasteiger partial charge in [0.2, 0.25) is 6.23 Å². The summed E-state index contributed by atoms with van der Waals surface area (Å²) in [7, 11) is 0. The highest BCUT2D eigenvalue weighted by molar-refractivity contribution is 6.02. The molecule has 3 aliphatic rings. The van der Waals surface area contributed by atoms with E-state index in [9.17, 15) is 4.39 Å². The van der Waals surface area contributed by atoms with Crippen LogP contribution in [0, 0.1) is 5.82 Å². The van der Waals surface area contributed by atoms with Crippen molar-refractivity contribution in [2.24, 2.45) is 5.10 Å². The van der Waals surface area contributed by atoms with Gasteiger partial charge in [-0.25, -0.2) is 9.40 Å². The summed E-state index contributed by atoms with van der Waals surface area (Å²) in [5.74, 6) is 2.08. The van der Waals surface area contributed by atoms with Crippen molar-refractivity contribution < 1.29 is 18.6 Å². The zero-order valence-electron chi connectivity index (χ0n) is 16.1. The summed E-state index contributed by atoms with van der Waals surface area (Å²) in [4.78, 5) is 0. The monoisotopic (exact) mass is 402 g/mol. The van der Waals surface area contributed by atoms with Gasteiger partial charge in [0.1, 0.15) is 24.8 Å². The molecule has 150 valence electrons. The van der Waals surface area contributed by atoms with Gasteiger partial charge in [-0.05, 0) is 36.4 Å². The standard InChI is InChI=1S/C24H19FN2O3/c25-17-8-5-15(6-9-17)24-27-20(18-3-1-2-4-21(18)30-24)14-19(26-27)16-7-10-22-23(13-16)29-12-11-28-22/h1-10,13,20,24H,11-12,14H2/t20-,24-/m0/s1. The molecule has 0 unspecified atom stereocenters. The van der Waals surface area contributed by atoms with E-state index >= 15 is 0 Å². The second kappa shape index (κ2) is 6.76. The largest absolute Gasteiger partial charge is 0.486 e. The Kier molecular flexibility index (Phi) is 3.91. The van der Waals surface area contributed by atoms with E-state index in [4.69, 9.17) is 19.3 Å². The molecule has 3 aromatic carbocycles. The van der Waals surface area contributed by atoms with E-state index in [1.54, 1.807) is 12.1 Å². The highest BCUT2D eigenvalue weighted by atomic mass is 19.1. The van der Waals surface area contributed by atoms with Crippen molar-refractivity contribution in [3.05, 3.63) is 89.2 Å². The Morgan fingerprint density at radius 1 is 0.867 bits per heavy atom. The van der Waals surface area contributed by atoms with Gasteiger partial charge in [0, 0.05) is 23.1 Å². The molecule has 0 N–H and O–H groups in total. The summed E-state index contributed by atoms with van der Waals surface area (Å²) in [5, 5.41) is 6.93. The predicted octanol–water partition coefficient (Wildman–Crippen LogP) is 4.84. The molecule has 0 fully saturated rings. The average Bonchev–Trinajstić information content (AvgIpc) is 3.25. The van der Waals surface area contributed by atoms with Gasteiger partial charge in [-0.15, -0.1) is 0 Å². The molecule has 6 rings (SSSR count). The Balaban J connectivity index is 1.41. The maximum absolute atomic E-state index is 13.5. The summed E-state index contributed by atoms with van der Waals surface area (Å²) in [6.45, 7) is 1.11. The molecule has 3 heterocycles. The minimum atomic E-state index is -0.416. The zero-order valence-corrected chi connectivity index (χ0v) is 16.1. The Morgan fingerprint density at radius 3 is 2.53 bits per heavy atom. The van der Waals surface area contributed by atoms with Crippen molar-refractivity contribution in [2.45, 2.75) is 18.7 Å². The number of fused-ring (bicyclic) bond motifs is 4. The summed E-state index contributed by atoms with van der Waals surface area (Å²) < 4.78 is 31.2. The summed E-state index contributed by atoms with van der Waals surface area (Å²) in [5.41, 5.74) is 3.93. The Morgan fingerprint density at radius 2 is 1.67 bits per heavy atom. The fraction of sp³-hybridized carbons (Fsp3) is 0.208. The topological polar surface area (TPSA) is 43.3 Å². The molecular formula is C24H19FN2O3.